The van der Waals surface area contributed by atoms with Crippen molar-refractivity contribution in [2.45, 2.75) is 60.7 Å². The van der Waals surface area contributed by atoms with Gasteiger partial charge in [-0.15, -0.1) is 0 Å². The molecular weight excluding hydrogens is 1180 g/mol. The van der Waals surface area contributed by atoms with Crippen molar-refractivity contribution in [2.75, 3.05) is 36.1 Å². The molecule has 5 aliphatic rings. The molecule has 432 valence electrons. The van der Waals surface area contributed by atoms with Gasteiger partial charge in [-0.2, -0.15) is 0 Å². The molecule has 3 saturated heterocycles. The number of rotatable bonds is 10. The topological polar surface area (TPSA) is 304 Å². The Morgan fingerprint density at radius 1 is 0.571 bits per heavy atom. The number of imidazole rings is 2. The number of halogens is 2. The summed E-state index contributed by atoms with van der Waals surface area (Å²) in [6.45, 7) is -12.0. The number of nitro groups is 2. The number of hydrogen-bond acceptors (Lipinski definition) is 22. The van der Waals surface area contributed by atoms with Crippen LogP contribution in [0.3, 0.4) is 0 Å². The fourth-order valence-corrected chi connectivity index (χ4v) is 16.7. The van der Waals surface area contributed by atoms with Crippen molar-refractivity contribution in [3.63, 3.8) is 0 Å². The van der Waals surface area contributed by atoms with Crippen LogP contribution in [0.1, 0.15) is 44.3 Å². The molecule has 0 aliphatic carbocycles. The molecule has 5 aliphatic heterocycles. The average Bonchev–Trinajstić information content (AvgIpc) is 4.50. The van der Waals surface area contributed by atoms with Gasteiger partial charge in [0.25, 0.3) is 23.2 Å². The number of carbonyl (C=O) groups excluding carboxylic acids is 2. The molecule has 0 N–H and O–H groups in total. The number of para-hydroxylation sites is 2. The second-order valence-corrected chi connectivity index (χ2v) is 27.1. The van der Waals surface area contributed by atoms with E-state index in [1.165, 1.54) is 80.1 Å². The van der Waals surface area contributed by atoms with Crippen molar-refractivity contribution >= 4 is 93.5 Å². The summed E-state index contributed by atoms with van der Waals surface area (Å²) in [7, 11) is 0. The largest absolute Gasteiger partial charge is 0.390 e. The molecule has 84 heavy (non-hydrogen) atoms. The van der Waals surface area contributed by atoms with Crippen LogP contribution in [0.5, 0.6) is 0 Å². The zero-order valence-electron chi connectivity index (χ0n) is 43.3. The molecule has 32 heteroatoms. The number of ether oxygens (including phenoxy) is 2. The van der Waals surface area contributed by atoms with Gasteiger partial charge in [0.15, 0.2) is 58.8 Å². The minimum absolute atomic E-state index is 0.0210. The number of nitrogens with zero attached hydrogens (tertiary/aromatic N) is 12. The molecule has 14 bridgehead atoms. The first-order chi connectivity index (χ1) is 40.7. The van der Waals surface area contributed by atoms with Gasteiger partial charge in [-0.3, -0.25) is 66.8 Å². The molecule has 10 atom stereocenters. The maximum Gasteiger partial charge on any atom is 0.390 e. The van der Waals surface area contributed by atoms with Crippen LogP contribution in [0.15, 0.2) is 147 Å². The van der Waals surface area contributed by atoms with Crippen LogP contribution >= 0.6 is 36.4 Å². The van der Waals surface area contributed by atoms with Crippen molar-refractivity contribution < 1.29 is 64.9 Å². The van der Waals surface area contributed by atoms with Gasteiger partial charge in [0.05, 0.1) is 35.7 Å². The Morgan fingerprint density at radius 2 is 0.964 bits per heavy atom. The van der Waals surface area contributed by atoms with Crippen LogP contribution < -0.4 is 9.80 Å². The molecule has 4 aromatic carbocycles. The summed E-state index contributed by atoms with van der Waals surface area (Å²) in [4.78, 5) is 81.8. The number of hydrogen-bond donors (Lipinski definition) is 0. The number of alkyl halides is 2. The van der Waals surface area contributed by atoms with Gasteiger partial charge in [-0.1, -0.05) is 84.9 Å². The standard InChI is InChI=1S/C52H44F2N12O14P2S2/c53-39-43-37-23-75-82(74,84-26-34-18-8-10-20-36(34)66(71)72)80-44-38(24-76-81(73,79-43)83-25-33-17-7-9-19-35(33)65(69)70)78-52(40(44)54)64-30-60-42-46(56-28-58-48(42)64)62(50(68)32-15-5-2-6-16-32)22-12-11-21-61(49(67)31-13-3-1-4-14-31)45-41-47(57-27-55-45)63(29-59-41)51(39)77-37/h1-20,27-30,37-40,43-44,51-52H,21-26H2/b12-11+/t37-,38-,39-,40-,43-,44-,51-,52?,81-,82-/m1/s1. The summed E-state index contributed by atoms with van der Waals surface area (Å²) in [5.74, 6) is -1.99. The predicted octanol–water partition coefficient (Wildman–Crippen LogP) is 9.72. The number of aromatic nitrogens is 8. The monoisotopic (exact) mass is 1220 g/mol. The maximum absolute atomic E-state index is 17.9. The fourth-order valence-electron chi connectivity index (χ4n) is 9.91. The summed E-state index contributed by atoms with van der Waals surface area (Å²) in [6, 6.07) is 27.7. The van der Waals surface area contributed by atoms with Crippen LogP contribution in [-0.4, -0.2) is 124 Å². The highest BCUT2D eigenvalue weighted by Gasteiger charge is 2.56. The SMILES string of the molecule is O=C(c1ccccc1)N1C/C=C/CN(C(=O)c2ccccc2)c2ncnc3c2ncn3[C@@H]2O[C@@H]3CO[P@@](=O)(SCc4ccccc4[N+](=O)[O-])O[C@@H]4[C@@H](CO[P@@](=O)(SCc5ccccc5[N+](=O)[O-])O[C@H]3[C@H]2F)OC([C@@H]4F)n2cnc3c1ncnc32. The Hall–Kier alpha value is -7.76. The van der Waals surface area contributed by atoms with Gasteiger partial charge in [0.1, 0.15) is 37.1 Å². The average molecular weight is 1230 g/mol. The first-order valence-corrected chi connectivity index (χ1v) is 31.9. The van der Waals surface area contributed by atoms with Crippen molar-refractivity contribution in [1.82, 2.24) is 39.0 Å². The minimum Gasteiger partial charge on any atom is -0.346 e. The Kier molecular flexibility index (Phi) is 16.0. The molecule has 2 amide bonds. The van der Waals surface area contributed by atoms with Gasteiger partial charge in [-0.25, -0.2) is 47.8 Å². The van der Waals surface area contributed by atoms with Crippen LogP contribution in [0.25, 0.3) is 22.3 Å². The summed E-state index contributed by atoms with van der Waals surface area (Å²) >= 11 is 0.891. The predicted molar refractivity (Wildman–Crippen MR) is 299 cm³/mol. The van der Waals surface area contributed by atoms with Crippen molar-refractivity contribution in [2.24, 2.45) is 0 Å². The third kappa shape index (κ3) is 11.1. The summed E-state index contributed by atoms with van der Waals surface area (Å²) in [5, 5.41) is 24.3. The third-order valence-corrected chi connectivity index (χ3v) is 21.2. The van der Waals surface area contributed by atoms with E-state index in [-0.39, 0.29) is 80.7 Å². The Labute approximate surface area is 481 Å². The second-order valence-electron chi connectivity index (χ2n) is 19.0. The van der Waals surface area contributed by atoms with Crippen molar-refractivity contribution in [3.8, 4) is 0 Å². The summed E-state index contributed by atoms with van der Waals surface area (Å²) in [6.07, 6.45) is -7.77. The number of nitro benzene ring substituents is 2. The third-order valence-electron chi connectivity index (χ3n) is 14.0. The quantitative estimate of drug-likeness (QED) is 0.0532. The highest BCUT2D eigenvalue weighted by molar-refractivity contribution is 8.55. The lowest BCUT2D eigenvalue weighted by Gasteiger charge is -2.30. The number of carbonyl (C=O) groups is 2. The second kappa shape index (κ2) is 23.7. The minimum atomic E-state index is -4.90. The molecule has 3 fully saturated rings. The van der Waals surface area contributed by atoms with Crippen LogP contribution in [-0.2, 0) is 48.2 Å². The number of amides is 2. The smallest absolute Gasteiger partial charge is 0.346 e. The van der Waals surface area contributed by atoms with E-state index < -0.39 is 109 Å². The van der Waals surface area contributed by atoms with Gasteiger partial charge in [-0.05, 0) is 47.0 Å². The lowest BCUT2D eigenvalue weighted by Crippen LogP contribution is -2.37. The van der Waals surface area contributed by atoms with Crippen LogP contribution in [0.4, 0.5) is 31.8 Å². The van der Waals surface area contributed by atoms with Gasteiger partial charge >= 0.3 is 13.6 Å². The van der Waals surface area contributed by atoms with Crippen LogP contribution in [0.2, 0.25) is 0 Å². The molecule has 13 rings (SSSR count). The summed E-state index contributed by atoms with van der Waals surface area (Å²) in [5.41, 5.74) is -0.242. The molecule has 9 heterocycles. The van der Waals surface area contributed by atoms with E-state index in [1.54, 1.807) is 72.8 Å². The molecule has 0 saturated carbocycles. The molecular formula is C52H44F2N12O14P2S2. The lowest BCUT2D eigenvalue weighted by atomic mass is 10.1. The van der Waals surface area contributed by atoms with E-state index in [0.717, 1.165) is 12.7 Å². The van der Waals surface area contributed by atoms with Crippen molar-refractivity contribution in [3.05, 3.63) is 189 Å². The number of anilines is 2. The van der Waals surface area contributed by atoms with Gasteiger partial charge < -0.3 is 9.47 Å². The number of fused-ring (bicyclic) bond motifs is 10. The van der Waals surface area contributed by atoms with Gasteiger partial charge in [0.2, 0.25) is 0 Å². The highest BCUT2D eigenvalue weighted by Crippen LogP contribution is 2.67. The molecule has 1 unspecified atom stereocenters. The van der Waals surface area contributed by atoms with E-state index in [2.05, 4.69) is 29.9 Å². The normalized spacial score (nSPS) is 26.7. The molecule has 8 aromatic rings. The fraction of sp³-hybridized carbons (Fsp3) is 0.269. The van der Waals surface area contributed by atoms with E-state index in [0.29, 0.717) is 22.8 Å². The van der Waals surface area contributed by atoms with Gasteiger partial charge in [0, 0.05) is 59.0 Å². The maximum atomic E-state index is 17.9. The Morgan fingerprint density at radius 3 is 1.37 bits per heavy atom. The highest BCUT2D eigenvalue weighted by atomic mass is 32.7. The van der Waals surface area contributed by atoms with Crippen LogP contribution in [0, 0.1) is 20.2 Å². The van der Waals surface area contributed by atoms with E-state index >= 15 is 17.9 Å². The first-order valence-electron chi connectivity index (χ1n) is 25.6. The molecule has 0 spiro atoms. The Bertz CT molecular complexity index is 3720. The number of benzene rings is 4. The summed E-state index contributed by atoms with van der Waals surface area (Å²) < 4.78 is 107. The zero-order valence-corrected chi connectivity index (χ0v) is 46.7. The molecule has 26 nitrogen and oxygen atoms in total. The molecule has 0 radical (unpaired) electrons. The van der Waals surface area contributed by atoms with E-state index in [4.69, 9.17) is 27.6 Å². The molecule has 4 aromatic heterocycles. The Balaban J connectivity index is 1.02. The van der Waals surface area contributed by atoms with E-state index in [9.17, 15) is 29.8 Å². The zero-order chi connectivity index (χ0) is 58.3. The lowest BCUT2D eigenvalue weighted by molar-refractivity contribution is -0.385. The first kappa shape index (κ1) is 56.7. The van der Waals surface area contributed by atoms with Crippen molar-refractivity contribution in [1.29, 1.82) is 0 Å². The van der Waals surface area contributed by atoms with E-state index in [1.807, 2.05) is 0 Å².